The van der Waals surface area contributed by atoms with Crippen LogP contribution in [0.2, 0.25) is 0 Å². The van der Waals surface area contributed by atoms with Gasteiger partial charge < -0.3 is 9.47 Å². The number of hydrazone groups is 1. The van der Waals surface area contributed by atoms with Crippen LogP contribution in [-0.4, -0.2) is 25.3 Å². The van der Waals surface area contributed by atoms with Gasteiger partial charge in [-0.3, -0.25) is 4.79 Å². The zero-order chi connectivity index (χ0) is 18.1. The highest BCUT2D eigenvalue weighted by Gasteiger charge is 2.07. The van der Waals surface area contributed by atoms with Crippen molar-refractivity contribution >= 4 is 33.6 Å². The van der Waals surface area contributed by atoms with Gasteiger partial charge in [0.15, 0.2) is 18.1 Å². The van der Waals surface area contributed by atoms with Gasteiger partial charge >= 0.3 is 0 Å². The lowest BCUT2D eigenvalue weighted by Crippen LogP contribution is -2.25. The number of hydrogen-bond donors (Lipinski definition) is 1. The van der Waals surface area contributed by atoms with Gasteiger partial charge in [0.1, 0.15) is 0 Å². The first-order valence-electron chi connectivity index (χ1n) is 7.61. The second-order valence-electron chi connectivity index (χ2n) is 5.12. The fraction of sp³-hybridized carbons (Fsp3) is 0.158. The molecule has 0 bridgehead atoms. The quantitative estimate of drug-likeness (QED) is 0.561. The summed E-state index contributed by atoms with van der Waals surface area (Å²) in [4.78, 5) is 11.8. The summed E-state index contributed by atoms with van der Waals surface area (Å²) >= 11 is 3.35. The Morgan fingerprint density at radius 3 is 2.68 bits per heavy atom. The molecular weight excluding hydrogens is 384 g/mol. The molecule has 0 spiro atoms. The van der Waals surface area contributed by atoms with Crippen LogP contribution in [0.3, 0.4) is 0 Å². The topological polar surface area (TPSA) is 59.9 Å². The summed E-state index contributed by atoms with van der Waals surface area (Å²) in [6.07, 6.45) is 3.75. The Balaban J connectivity index is 1.85. The molecule has 25 heavy (non-hydrogen) atoms. The number of amides is 1. The minimum atomic E-state index is -0.350. The third kappa shape index (κ3) is 6.43. The van der Waals surface area contributed by atoms with Gasteiger partial charge in [-0.2, -0.15) is 5.10 Å². The Bertz CT molecular complexity index is 773. The second kappa shape index (κ2) is 9.64. The fourth-order valence-electron chi connectivity index (χ4n) is 1.91. The van der Waals surface area contributed by atoms with Crippen molar-refractivity contribution < 1.29 is 14.3 Å². The molecule has 0 saturated heterocycles. The summed E-state index contributed by atoms with van der Waals surface area (Å²) < 4.78 is 11.5. The molecular formula is C19H19BrN2O3. The number of nitrogens with one attached hydrogen (secondary N) is 1. The lowest BCUT2D eigenvalue weighted by molar-refractivity contribution is -0.123. The summed E-state index contributed by atoms with van der Waals surface area (Å²) in [6, 6.07) is 15.2. The molecule has 0 radical (unpaired) electrons. The number of allylic oxidation sites excluding steroid dienone is 1. The van der Waals surface area contributed by atoms with Crippen molar-refractivity contribution in [2.45, 2.75) is 6.92 Å². The molecule has 0 heterocycles. The summed E-state index contributed by atoms with van der Waals surface area (Å²) in [6.45, 7) is 1.65. The van der Waals surface area contributed by atoms with E-state index < -0.39 is 0 Å². The van der Waals surface area contributed by atoms with E-state index >= 15 is 0 Å². The molecule has 0 fully saturated rings. The van der Waals surface area contributed by atoms with Gasteiger partial charge in [-0.15, -0.1) is 0 Å². The van der Waals surface area contributed by atoms with E-state index in [4.69, 9.17) is 9.47 Å². The number of nitrogens with zero attached hydrogens (tertiary/aromatic N) is 1. The number of methoxy groups -OCH3 is 1. The van der Waals surface area contributed by atoms with E-state index in [0.29, 0.717) is 17.2 Å². The molecule has 0 atom stereocenters. The highest BCUT2D eigenvalue weighted by atomic mass is 79.9. The van der Waals surface area contributed by atoms with E-state index in [0.717, 1.165) is 10.0 Å². The van der Waals surface area contributed by atoms with Crippen LogP contribution in [0.25, 0.3) is 6.08 Å². The van der Waals surface area contributed by atoms with Crippen molar-refractivity contribution in [2.75, 3.05) is 13.7 Å². The molecule has 5 nitrogen and oxygen atoms in total. The molecule has 0 aromatic heterocycles. The maximum absolute atomic E-state index is 11.8. The third-order valence-corrected chi connectivity index (χ3v) is 3.65. The molecule has 1 N–H and O–H groups in total. The zero-order valence-electron chi connectivity index (χ0n) is 14.0. The predicted octanol–water partition coefficient (Wildman–Crippen LogP) is 4.04. The first kappa shape index (κ1) is 18.7. The molecule has 0 aliphatic rings. The fourth-order valence-corrected chi connectivity index (χ4v) is 2.25. The van der Waals surface area contributed by atoms with E-state index in [9.17, 15) is 4.79 Å². The summed E-state index contributed by atoms with van der Waals surface area (Å²) in [5.41, 5.74) is 4.20. The summed E-state index contributed by atoms with van der Waals surface area (Å²) in [7, 11) is 1.54. The standard InChI is InChI=1S/C19H19BrN2O3/c1-14(8-9-15-6-4-3-5-7-15)21-22-19(23)13-25-17-11-10-16(20)12-18(17)24-2/h3-12H,13H2,1-2H3,(H,22,23). The molecule has 130 valence electrons. The van der Waals surface area contributed by atoms with Gasteiger partial charge in [0, 0.05) is 4.47 Å². The molecule has 0 saturated carbocycles. The van der Waals surface area contributed by atoms with Crippen LogP contribution >= 0.6 is 15.9 Å². The first-order chi connectivity index (χ1) is 12.1. The number of rotatable bonds is 7. The Morgan fingerprint density at radius 1 is 1.20 bits per heavy atom. The van der Waals surface area contributed by atoms with Gasteiger partial charge in [0.2, 0.25) is 0 Å². The average molecular weight is 403 g/mol. The van der Waals surface area contributed by atoms with Crippen molar-refractivity contribution in [3.05, 3.63) is 64.6 Å². The van der Waals surface area contributed by atoms with Crippen molar-refractivity contribution in [2.24, 2.45) is 5.10 Å². The van der Waals surface area contributed by atoms with Crippen LogP contribution < -0.4 is 14.9 Å². The van der Waals surface area contributed by atoms with Gasteiger partial charge in [0.05, 0.1) is 12.8 Å². The smallest absolute Gasteiger partial charge is 0.277 e. The SMILES string of the molecule is COc1cc(Br)ccc1OCC(=O)NN=C(C)C=Cc1ccccc1. The van der Waals surface area contributed by atoms with E-state index in [1.54, 1.807) is 26.2 Å². The van der Waals surface area contributed by atoms with E-state index in [-0.39, 0.29) is 12.5 Å². The molecule has 2 aromatic carbocycles. The minimum absolute atomic E-state index is 0.156. The molecule has 2 aromatic rings. The third-order valence-electron chi connectivity index (χ3n) is 3.16. The normalized spacial score (nSPS) is 11.4. The van der Waals surface area contributed by atoms with Crippen LogP contribution in [0.1, 0.15) is 12.5 Å². The van der Waals surface area contributed by atoms with Crippen molar-refractivity contribution in [1.29, 1.82) is 0 Å². The number of halogens is 1. The van der Waals surface area contributed by atoms with Crippen molar-refractivity contribution in [3.8, 4) is 11.5 Å². The van der Waals surface area contributed by atoms with Gasteiger partial charge in [-0.25, -0.2) is 5.43 Å². The predicted molar refractivity (Wildman–Crippen MR) is 103 cm³/mol. The lowest BCUT2D eigenvalue weighted by Gasteiger charge is -2.10. The molecule has 2 rings (SSSR count). The number of ether oxygens (including phenoxy) is 2. The van der Waals surface area contributed by atoms with Crippen LogP contribution in [0.15, 0.2) is 64.2 Å². The Labute approximate surface area is 155 Å². The van der Waals surface area contributed by atoms with Crippen LogP contribution in [0.4, 0.5) is 0 Å². The number of carbonyl (C=O) groups excluding carboxylic acids is 1. The van der Waals surface area contributed by atoms with Crippen LogP contribution in [-0.2, 0) is 4.79 Å². The number of carbonyl (C=O) groups is 1. The summed E-state index contributed by atoms with van der Waals surface area (Å²) in [5.74, 6) is 0.690. The first-order valence-corrected chi connectivity index (χ1v) is 8.40. The Hall–Kier alpha value is -2.60. The van der Waals surface area contributed by atoms with E-state index in [1.807, 2.05) is 48.6 Å². The number of hydrogen-bond acceptors (Lipinski definition) is 4. The van der Waals surface area contributed by atoms with Crippen molar-refractivity contribution in [3.63, 3.8) is 0 Å². The van der Waals surface area contributed by atoms with E-state index in [2.05, 4.69) is 26.5 Å². The van der Waals surface area contributed by atoms with Crippen LogP contribution in [0.5, 0.6) is 11.5 Å². The Kier molecular flexibility index (Phi) is 7.22. The molecule has 1 amide bonds. The highest BCUT2D eigenvalue weighted by Crippen LogP contribution is 2.29. The molecule has 0 unspecified atom stereocenters. The Morgan fingerprint density at radius 2 is 1.96 bits per heavy atom. The highest BCUT2D eigenvalue weighted by molar-refractivity contribution is 9.10. The van der Waals surface area contributed by atoms with Gasteiger partial charge in [-0.1, -0.05) is 52.3 Å². The van der Waals surface area contributed by atoms with Crippen molar-refractivity contribution in [1.82, 2.24) is 5.43 Å². The minimum Gasteiger partial charge on any atom is -0.493 e. The second-order valence-corrected chi connectivity index (χ2v) is 6.03. The number of benzene rings is 2. The molecule has 0 aliphatic carbocycles. The average Bonchev–Trinajstić information content (AvgIpc) is 2.64. The maximum atomic E-state index is 11.8. The summed E-state index contributed by atoms with van der Waals surface area (Å²) in [5, 5.41) is 4.02. The zero-order valence-corrected chi connectivity index (χ0v) is 15.6. The van der Waals surface area contributed by atoms with Gasteiger partial charge in [0.25, 0.3) is 5.91 Å². The van der Waals surface area contributed by atoms with Crippen LogP contribution in [0, 0.1) is 0 Å². The maximum Gasteiger partial charge on any atom is 0.277 e. The molecule has 0 aliphatic heterocycles. The largest absolute Gasteiger partial charge is 0.493 e. The van der Waals surface area contributed by atoms with E-state index in [1.165, 1.54) is 0 Å². The van der Waals surface area contributed by atoms with Gasteiger partial charge in [-0.05, 0) is 36.8 Å². The lowest BCUT2D eigenvalue weighted by atomic mass is 10.2. The molecule has 6 heteroatoms. The monoisotopic (exact) mass is 402 g/mol.